The Bertz CT molecular complexity index is 1670. The van der Waals surface area contributed by atoms with Gasteiger partial charge in [-0.25, -0.2) is 4.79 Å². The van der Waals surface area contributed by atoms with E-state index >= 15 is 0 Å². The lowest BCUT2D eigenvalue weighted by Gasteiger charge is -2.08. The van der Waals surface area contributed by atoms with Crippen LogP contribution in [0.1, 0.15) is 11.1 Å². The molecule has 5 aromatic rings. The van der Waals surface area contributed by atoms with E-state index < -0.39 is 23.0 Å². The van der Waals surface area contributed by atoms with E-state index in [2.05, 4.69) is 15.1 Å². The number of aromatic amines is 1. The van der Waals surface area contributed by atoms with Crippen LogP contribution in [0.25, 0.3) is 33.7 Å². The highest BCUT2D eigenvalue weighted by molar-refractivity contribution is 5.82. The van der Waals surface area contributed by atoms with Crippen LogP contribution in [0.3, 0.4) is 0 Å². The van der Waals surface area contributed by atoms with Gasteiger partial charge in [-0.2, -0.15) is 18.2 Å². The van der Waals surface area contributed by atoms with Gasteiger partial charge in [-0.1, -0.05) is 29.4 Å². The molecule has 0 radical (unpaired) electrons. The maximum Gasteiger partial charge on any atom is 0.416 e. The van der Waals surface area contributed by atoms with Gasteiger partial charge in [0.2, 0.25) is 5.82 Å². The zero-order valence-electron chi connectivity index (χ0n) is 18.7. The van der Waals surface area contributed by atoms with Gasteiger partial charge in [-0.05, 0) is 48.0 Å². The third kappa shape index (κ3) is 4.38. The monoisotopic (exact) mass is 494 g/mol. The summed E-state index contributed by atoms with van der Waals surface area (Å²) in [5.74, 6) is 0.839. The largest absolute Gasteiger partial charge is 0.497 e. The van der Waals surface area contributed by atoms with E-state index in [0.29, 0.717) is 16.9 Å². The fourth-order valence-corrected chi connectivity index (χ4v) is 3.71. The standard InChI is InChI=1S/C25H17F3N4O4/c1-35-18-9-2-14(3-10-18)13-32-23(33)19-11-6-16(12-20(19)29-24(32)34)22-30-21(31-36-22)15-4-7-17(8-5-15)25(26,27)28/h2-12H,13H2,1H3,(H,29,34). The van der Waals surface area contributed by atoms with E-state index in [9.17, 15) is 22.8 Å². The lowest BCUT2D eigenvalue weighted by molar-refractivity contribution is -0.137. The molecule has 0 spiro atoms. The Hall–Kier alpha value is -4.67. The van der Waals surface area contributed by atoms with Gasteiger partial charge in [-0.15, -0.1) is 0 Å². The van der Waals surface area contributed by atoms with Crippen LogP contribution in [-0.2, 0) is 12.7 Å². The number of rotatable bonds is 5. The van der Waals surface area contributed by atoms with Crippen LogP contribution in [0, 0.1) is 0 Å². The van der Waals surface area contributed by atoms with Crippen LogP contribution in [0.15, 0.2) is 80.8 Å². The number of ether oxygens (including phenoxy) is 1. The summed E-state index contributed by atoms with van der Waals surface area (Å²) in [5.41, 5.74) is -0.0388. The highest BCUT2D eigenvalue weighted by Gasteiger charge is 2.30. The van der Waals surface area contributed by atoms with Gasteiger partial charge in [0.15, 0.2) is 0 Å². The number of fused-ring (bicyclic) bond motifs is 1. The fourth-order valence-electron chi connectivity index (χ4n) is 3.71. The minimum absolute atomic E-state index is 0.0788. The van der Waals surface area contributed by atoms with Crippen LogP contribution < -0.4 is 16.0 Å². The van der Waals surface area contributed by atoms with Crippen LogP contribution in [0.4, 0.5) is 13.2 Å². The number of benzene rings is 3. The van der Waals surface area contributed by atoms with E-state index in [1.807, 2.05) is 0 Å². The van der Waals surface area contributed by atoms with Crippen LogP contribution in [0.5, 0.6) is 5.75 Å². The SMILES string of the molecule is COc1ccc(Cn2c(=O)[nH]c3cc(-c4nc(-c5ccc(C(F)(F)F)cc5)no4)ccc3c2=O)cc1. The zero-order chi connectivity index (χ0) is 25.4. The van der Waals surface area contributed by atoms with Gasteiger partial charge < -0.3 is 14.2 Å². The van der Waals surface area contributed by atoms with Gasteiger partial charge >= 0.3 is 11.9 Å². The van der Waals surface area contributed by atoms with Crippen LogP contribution >= 0.6 is 0 Å². The number of H-pyrrole nitrogens is 1. The predicted octanol–water partition coefficient (Wildman–Crippen LogP) is 4.48. The normalized spacial score (nSPS) is 11.7. The summed E-state index contributed by atoms with van der Waals surface area (Å²) in [6.45, 7) is 0.0794. The van der Waals surface area contributed by atoms with Gasteiger partial charge in [0.1, 0.15) is 5.75 Å². The number of halogens is 3. The number of nitrogens with one attached hydrogen (secondary N) is 1. The Morgan fingerprint density at radius 2 is 1.67 bits per heavy atom. The summed E-state index contributed by atoms with van der Waals surface area (Å²) in [6.07, 6.45) is -4.45. The summed E-state index contributed by atoms with van der Waals surface area (Å²) >= 11 is 0. The lowest BCUT2D eigenvalue weighted by Crippen LogP contribution is -2.35. The molecule has 0 bridgehead atoms. The molecule has 0 atom stereocenters. The molecule has 2 aromatic heterocycles. The average Bonchev–Trinajstić information content (AvgIpc) is 3.37. The third-order valence-electron chi connectivity index (χ3n) is 5.63. The molecule has 0 amide bonds. The van der Waals surface area contributed by atoms with Crippen molar-refractivity contribution in [3.05, 3.63) is 98.7 Å². The molecule has 0 aliphatic heterocycles. The summed E-state index contributed by atoms with van der Waals surface area (Å²) in [5, 5.41) is 4.12. The minimum Gasteiger partial charge on any atom is -0.497 e. The maximum absolute atomic E-state index is 13.0. The van der Waals surface area contributed by atoms with Crippen molar-refractivity contribution in [1.82, 2.24) is 19.7 Å². The van der Waals surface area contributed by atoms with Crippen molar-refractivity contribution in [2.45, 2.75) is 12.7 Å². The van der Waals surface area contributed by atoms with E-state index in [1.165, 1.54) is 24.3 Å². The quantitative estimate of drug-likeness (QED) is 0.387. The zero-order valence-corrected chi connectivity index (χ0v) is 18.7. The molecule has 1 N–H and O–H groups in total. The van der Waals surface area contributed by atoms with Crippen molar-refractivity contribution in [3.8, 4) is 28.6 Å². The molecule has 2 heterocycles. The Morgan fingerprint density at radius 1 is 0.972 bits per heavy atom. The smallest absolute Gasteiger partial charge is 0.416 e. The van der Waals surface area contributed by atoms with E-state index in [-0.39, 0.29) is 29.2 Å². The number of methoxy groups -OCH3 is 1. The fraction of sp³-hybridized carbons (Fsp3) is 0.120. The highest BCUT2D eigenvalue weighted by atomic mass is 19.4. The second-order valence-electron chi connectivity index (χ2n) is 7.93. The Balaban J connectivity index is 1.45. The third-order valence-corrected chi connectivity index (χ3v) is 5.63. The molecule has 182 valence electrons. The molecule has 8 nitrogen and oxygen atoms in total. The van der Waals surface area contributed by atoms with Gasteiger partial charge in [0, 0.05) is 11.1 Å². The minimum atomic E-state index is -4.45. The summed E-state index contributed by atoms with van der Waals surface area (Å²) in [6, 6.07) is 16.0. The van der Waals surface area contributed by atoms with Crippen molar-refractivity contribution < 1.29 is 22.4 Å². The number of nitrogens with zero attached hydrogens (tertiary/aromatic N) is 3. The molecule has 0 saturated carbocycles. The predicted molar refractivity (Wildman–Crippen MR) is 125 cm³/mol. The van der Waals surface area contributed by atoms with Gasteiger partial charge in [-0.3, -0.25) is 9.36 Å². The molecule has 36 heavy (non-hydrogen) atoms. The van der Waals surface area contributed by atoms with Crippen molar-refractivity contribution >= 4 is 10.9 Å². The number of aromatic nitrogens is 4. The number of hydrogen-bond acceptors (Lipinski definition) is 6. The molecule has 0 fully saturated rings. The first kappa shape index (κ1) is 23.1. The van der Waals surface area contributed by atoms with E-state index in [0.717, 1.165) is 22.3 Å². The van der Waals surface area contributed by atoms with Crippen molar-refractivity contribution in [2.75, 3.05) is 7.11 Å². The topological polar surface area (TPSA) is 103 Å². The van der Waals surface area contributed by atoms with E-state index in [1.54, 1.807) is 37.4 Å². The maximum atomic E-state index is 13.0. The molecule has 0 aliphatic carbocycles. The van der Waals surface area contributed by atoms with Gasteiger partial charge in [0.05, 0.1) is 30.1 Å². The summed E-state index contributed by atoms with van der Waals surface area (Å²) < 4.78 is 49.9. The first-order valence-corrected chi connectivity index (χ1v) is 10.6. The summed E-state index contributed by atoms with van der Waals surface area (Å²) in [4.78, 5) is 32.6. The van der Waals surface area contributed by atoms with Crippen molar-refractivity contribution in [3.63, 3.8) is 0 Å². The highest BCUT2D eigenvalue weighted by Crippen LogP contribution is 2.31. The van der Waals surface area contributed by atoms with Crippen LogP contribution in [-0.4, -0.2) is 26.8 Å². The molecule has 11 heteroatoms. The molecular formula is C25H17F3N4O4. The Morgan fingerprint density at radius 3 is 2.33 bits per heavy atom. The van der Waals surface area contributed by atoms with Crippen molar-refractivity contribution in [2.24, 2.45) is 0 Å². The average molecular weight is 494 g/mol. The first-order chi connectivity index (χ1) is 17.2. The molecule has 3 aromatic carbocycles. The second kappa shape index (κ2) is 8.84. The van der Waals surface area contributed by atoms with Gasteiger partial charge in [0.25, 0.3) is 11.4 Å². The second-order valence-corrected chi connectivity index (χ2v) is 7.93. The van der Waals surface area contributed by atoms with Crippen LogP contribution in [0.2, 0.25) is 0 Å². The molecule has 0 unspecified atom stereocenters. The number of alkyl halides is 3. The number of hydrogen-bond donors (Lipinski definition) is 1. The first-order valence-electron chi connectivity index (χ1n) is 10.6. The van der Waals surface area contributed by atoms with Crippen molar-refractivity contribution in [1.29, 1.82) is 0 Å². The lowest BCUT2D eigenvalue weighted by atomic mass is 10.1. The molecular weight excluding hydrogens is 477 g/mol. The Labute approximate surface area is 200 Å². The Kier molecular flexibility index (Phi) is 5.67. The summed E-state index contributed by atoms with van der Waals surface area (Å²) in [7, 11) is 1.55. The molecule has 0 saturated heterocycles. The van der Waals surface area contributed by atoms with E-state index in [4.69, 9.17) is 9.26 Å². The molecule has 0 aliphatic rings. The molecule has 5 rings (SSSR count).